The number of rotatable bonds is 4. The van der Waals surface area contributed by atoms with Gasteiger partial charge in [0.15, 0.2) is 0 Å². The Hall–Kier alpha value is -1.43. The Labute approximate surface area is 137 Å². The van der Waals surface area contributed by atoms with Gasteiger partial charge in [0.05, 0.1) is 12.1 Å². The monoisotopic (exact) mass is 318 g/mol. The average Bonchev–Trinajstić information content (AvgIpc) is 3.05. The van der Waals surface area contributed by atoms with E-state index < -0.39 is 0 Å². The van der Waals surface area contributed by atoms with E-state index in [-0.39, 0.29) is 30.3 Å². The molecule has 126 valence electrons. The lowest BCUT2D eigenvalue weighted by Crippen LogP contribution is -2.46. The summed E-state index contributed by atoms with van der Waals surface area (Å²) in [7, 11) is 0. The van der Waals surface area contributed by atoms with Crippen molar-refractivity contribution in [3.05, 3.63) is 35.4 Å². The number of nitrogens with one attached hydrogen (secondary N) is 1. The van der Waals surface area contributed by atoms with Crippen molar-refractivity contribution in [3.8, 4) is 0 Å². The van der Waals surface area contributed by atoms with E-state index in [0.717, 1.165) is 37.9 Å². The number of amides is 1. The third-order valence-corrected chi connectivity index (χ3v) is 4.72. The second-order valence-corrected chi connectivity index (χ2v) is 6.52. The van der Waals surface area contributed by atoms with E-state index in [1.165, 1.54) is 5.56 Å². The Morgan fingerprint density at radius 3 is 2.74 bits per heavy atom. The zero-order valence-corrected chi connectivity index (χ0v) is 13.7. The number of nitrogens with two attached hydrogens (primary N) is 1. The molecule has 2 aliphatic heterocycles. The summed E-state index contributed by atoms with van der Waals surface area (Å²) >= 11 is 0. The van der Waals surface area contributed by atoms with E-state index in [0.29, 0.717) is 6.54 Å². The molecule has 0 spiro atoms. The Bertz CT molecular complexity index is 532. The lowest BCUT2D eigenvalue weighted by molar-refractivity contribution is -0.134. The van der Waals surface area contributed by atoms with Gasteiger partial charge >= 0.3 is 0 Å². The molecule has 3 N–H and O–H groups in total. The predicted molar refractivity (Wildman–Crippen MR) is 88.0 cm³/mol. The molecular formula is C18H26N2O3. The van der Waals surface area contributed by atoms with E-state index in [1.54, 1.807) is 0 Å². The molecule has 2 aliphatic rings. The molecule has 3 rings (SSSR count). The Kier molecular flexibility index (Phi) is 5.30. The van der Waals surface area contributed by atoms with E-state index in [1.807, 2.05) is 0 Å². The average molecular weight is 318 g/mol. The van der Waals surface area contributed by atoms with Crippen LogP contribution in [0.4, 0.5) is 0 Å². The SMILES string of the molecule is Cc1ccc(C2OCCCC2NC(=O)[C@@H]2CC[C@H](CN)O2)cc1. The summed E-state index contributed by atoms with van der Waals surface area (Å²) in [6, 6.07) is 8.33. The van der Waals surface area contributed by atoms with Crippen LogP contribution in [-0.4, -0.2) is 37.3 Å². The highest BCUT2D eigenvalue weighted by molar-refractivity contribution is 5.81. The fraction of sp³-hybridized carbons (Fsp3) is 0.611. The van der Waals surface area contributed by atoms with E-state index in [4.69, 9.17) is 15.2 Å². The maximum absolute atomic E-state index is 12.5. The Morgan fingerprint density at radius 1 is 1.26 bits per heavy atom. The zero-order valence-electron chi connectivity index (χ0n) is 13.7. The Balaban J connectivity index is 1.64. The van der Waals surface area contributed by atoms with Gasteiger partial charge in [-0.15, -0.1) is 0 Å². The molecule has 2 saturated heterocycles. The minimum absolute atomic E-state index is 0.000479. The Morgan fingerprint density at radius 2 is 2.04 bits per heavy atom. The van der Waals surface area contributed by atoms with E-state index >= 15 is 0 Å². The van der Waals surface area contributed by atoms with Crippen molar-refractivity contribution in [1.29, 1.82) is 0 Å². The van der Waals surface area contributed by atoms with Gasteiger partial charge < -0.3 is 20.5 Å². The van der Waals surface area contributed by atoms with E-state index in [9.17, 15) is 4.79 Å². The largest absolute Gasteiger partial charge is 0.371 e. The number of aryl methyl sites for hydroxylation is 1. The third-order valence-electron chi connectivity index (χ3n) is 4.72. The topological polar surface area (TPSA) is 73.6 Å². The van der Waals surface area contributed by atoms with Crippen molar-refractivity contribution < 1.29 is 14.3 Å². The molecule has 0 bridgehead atoms. The van der Waals surface area contributed by atoms with Crippen LogP contribution in [0, 0.1) is 6.92 Å². The second kappa shape index (κ2) is 7.43. The molecule has 2 fully saturated rings. The number of hydrogen-bond acceptors (Lipinski definition) is 4. The first-order valence-corrected chi connectivity index (χ1v) is 8.51. The maximum Gasteiger partial charge on any atom is 0.249 e. The molecule has 1 aromatic carbocycles. The van der Waals surface area contributed by atoms with Crippen LogP contribution in [0.5, 0.6) is 0 Å². The lowest BCUT2D eigenvalue weighted by atomic mass is 9.95. The van der Waals surface area contributed by atoms with Crippen molar-refractivity contribution in [2.24, 2.45) is 5.73 Å². The summed E-state index contributed by atoms with van der Waals surface area (Å²) < 4.78 is 11.6. The molecule has 2 heterocycles. The molecule has 1 amide bonds. The lowest BCUT2D eigenvalue weighted by Gasteiger charge is -2.33. The zero-order chi connectivity index (χ0) is 16.2. The van der Waals surface area contributed by atoms with Crippen molar-refractivity contribution in [3.63, 3.8) is 0 Å². The first-order chi connectivity index (χ1) is 11.2. The summed E-state index contributed by atoms with van der Waals surface area (Å²) in [5, 5.41) is 3.14. The van der Waals surface area contributed by atoms with Gasteiger partial charge in [-0.1, -0.05) is 29.8 Å². The van der Waals surface area contributed by atoms with Crippen molar-refractivity contribution in [2.45, 2.75) is 57.0 Å². The summed E-state index contributed by atoms with van der Waals surface area (Å²) in [5.74, 6) is -0.0337. The molecule has 23 heavy (non-hydrogen) atoms. The molecule has 2 unspecified atom stereocenters. The normalized spacial score (nSPS) is 31.0. The second-order valence-electron chi connectivity index (χ2n) is 6.52. The predicted octanol–water partition coefficient (Wildman–Crippen LogP) is 1.84. The van der Waals surface area contributed by atoms with Gasteiger partial charge in [0.1, 0.15) is 12.2 Å². The van der Waals surface area contributed by atoms with Crippen LogP contribution in [-0.2, 0) is 14.3 Å². The molecule has 0 aliphatic carbocycles. The fourth-order valence-electron chi connectivity index (χ4n) is 3.36. The van der Waals surface area contributed by atoms with Crippen LogP contribution in [0.3, 0.4) is 0 Å². The number of hydrogen-bond donors (Lipinski definition) is 2. The van der Waals surface area contributed by atoms with Gasteiger partial charge in [-0.25, -0.2) is 0 Å². The van der Waals surface area contributed by atoms with Crippen LogP contribution < -0.4 is 11.1 Å². The summed E-state index contributed by atoms with van der Waals surface area (Å²) in [6.07, 6.45) is 3.06. The van der Waals surface area contributed by atoms with Gasteiger partial charge in [0.25, 0.3) is 0 Å². The number of carbonyl (C=O) groups is 1. The molecule has 0 saturated carbocycles. The minimum atomic E-state index is -0.371. The molecule has 4 atom stereocenters. The molecule has 5 nitrogen and oxygen atoms in total. The van der Waals surface area contributed by atoms with Crippen molar-refractivity contribution in [1.82, 2.24) is 5.32 Å². The van der Waals surface area contributed by atoms with Gasteiger partial charge in [-0.3, -0.25) is 4.79 Å². The van der Waals surface area contributed by atoms with Crippen LogP contribution in [0.15, 0.2) is 24.3 Å². The first kappa shape index (κ1) is 16.4. The molecule has 5 heteroatoms. The fourth-order valence-corrected chi connectivity index (χ4v) is 3.36. The highest BCUT2D eigenvalue weighted by Crippen LogP contribution is 2.29. The first-order valence-electron chi connectivity index (χ1n) is 8.51. The minimum Gasteiger partial charge on any atom is -0.371 e. The number of carbonyl (C=O) groups excluding carboxylic acids is 1. The smallest absolute Gasteiger partial charge is 0.249 e. The van der Waals surface area contributed by atoms with Crippen LogP contribution in [0.25, 0.3) is 0 Å². The summed E-state index contributed by atoms with van der Waals surface area (Å²) in [6.45, 7) is 3.28. The standard InChI is InChI=1S/C18H26N2O3/c1-12-4-6-13(7-5-12)17-15(3-2-10-22-17)20-18(21)16-9-8-14(11-19)23-16/h4-7,14-17H,2-3,8-11,19H2,1H3,(H,20,21)/t14-,15?,16+,17?/m1/s1. The molecule has 0 aromatic heterocycles. The number of ether oxygens (including phenoxy) is 2. The van der Waals surface area contributed by atoms with Crippen LogP contribution >= 0.6 is 0 Å². The molecular weight excluding hydrogens is 292 g/mol. The molecule has 1 aromatic rings. The maximum atomic E-state index is 12.5. The van der Waals surface area contributed by atoms with Crippen molar-refractivity contribution >= 4 is 5.91 Å². The van der Waals surface area contributed by atoms with Gasteiger partial charge in [0.2, 0.25) is 5.91 Å². The quantitative estimate of drug-likeness (QED) is 0.888. The van der Waals surface area contributed by atoms with Crippen molar-refractivity contribution in [2.75, 3.05) is 13.2 Å². The van der Waals surface area contributed by atoms with Crippen LogP contribution in [0.2, 0.25) is 0 Å². The van der Waals surface area contributed by atoms with E-state index in [2.05, 4.69) is 36.5 Å². The highest BCUT2D eigenvalue weighted by atomic mass is 16.5. The summed E-state index contributed by atoms with van der Waals surface area (Å²) in [5.41, 5.74) is 7.95. The van der Waals surface area contributed by atoms with Gasteiger partial charge in [0, 0.05) is 13.2 Å². The third kappa shape index (κ3) is 3.91. The van der Waals surface area contributed by atoms with Gasteiger partial charge in [-0.2, -0.15) is 0 Å². The molecule has 0 radical (unpaired) electrons. The summed E-state index contributed by atoms with van der Waals surface area (Å²) in [4.78, 5) is 12.5. The highest BCUT2D eigenvalue weighted by Gasteiger charge is 2.34. The number of benzene rings is 1. The van der Waals surface area contributed by atoms with Gasteiger partial charge in [-0.05, 0) is 38.2 Å². The van der Waals surface area contributed by atoms with Crippen LogP contribution in [0.1, 0.15) is 42.9 Å².